The van der Waals surface area contributed by atoms with Gasteiger partial charge in [0.1, 0.15) is 5.75 Å². The highest BCUT2D eigenvalue weighted by Gasteiger charge is 2.22. The molecular formula is C16H25N3O2. The molecular weight excluding hydrogens is 266 g/mol. The highest BCUT2D eigenvalue weighted by atomic mass is 16.5. The van der Waals surface area contributed by atoms with Gasteiger partial charge in [-0.15, -0.1) is 0 Å². The van der Waals surface area contributed by atoms with E-state index in [1.165, 1.54) is 25.8 Å². The Morgan fingerprint density at radius 2 is 2.33 bits per heavy atom. The number of methoxy groups -OCH3 is 1. The van der Waals surface area contributed by atoms with E-state index in [0.29, 0.717) is 11.3 Å². The Hall–Kier alpha value is -1.75. The van der Waals surface area contributed by atoms with Crippen molar-refractivity contribution in [3.8, 4) is 5.75 Å². The maximum Gasteiger partial charge on any atom is 0.173 e. The van der Waals surface area contributed by atoms with Crippen LogP contribution in [0.25, 0.3) is 0 Å². The number of nitrogens with zero attached hydrogens (tertiary/aromatic N) is 2. The van der Waals surface area contributed by atoms with Crippen molar-refractivity contribution in [3.05, 3.63) is 29.3 Å². The minimum absolute atomic E-state index is 0.0824. The van der Waals surface area contributed by atoms with Gasteiger partial charge in [-0.3, -0.25) is 4.90 Å². The number of benzene rings is 1. The predicted molar refractivity (Wildman–Crippen MR) is 83.8 cm³/mol. The number of amidine groups is 1. The lowest BCUT2D eigenvalue weighted by molar-refractivity contribution is 0.312. The Labute approximate surface area is 126 Å². The summed E-state index contributed by atoms with van der Waals surface area (Å²) in [5.74, 6) is 1.54. The monoisotopic (exact) mass is 291 g/mol. The Morgan fingerprint density at radius 1 is 1.52 bits per heavy atom. The molecule has 1 aliphatic rings. The molecule has 1 saturated heterocycles. The molecule has 2 rings (SSSR count). The molecule has 1 aliphatic heterocycles. The lowest BCUT2D eigenvalue weighted by atomic mass is 10.0. The number of oxime groups is 1. The van der Waals surface area contributed by atoms with E-state index in [1.54, 1.807) is 7.11 Å². The van der Waals surface area contributed by atoms with Crippen molar-refractivity contribution in [1.82, 2.24) is 4.90 Å². The number of ether oxygens (including phenoxy) is 1. The maximum absolute atomic E-state index is 8.87. The summed E-state index contributed by atoms with van der Waals surface area (Å²) in [5, 5.41) is 12.0. The zero-order chi connectivity index (χ0) is 15.2. The molecule has 1 heterocycles. The molecule has 3 N–H and O–H groups in total. The lowest BCUT2D eigenvalue weighted by Crippen LogP contribution is -2.21. The van der Waals surface area contributed by atoms with Gasteiger partial charge in [0.2, 0.25) is 0 Å². The van der Waals surface area contributed by atoms with E-state index >= 15 is 0 Å². The molecule has 21 heavy (non-hydrogen) atoms. The first-order chi connectivity index (χ1) is 10.2. The molecule has 0 spiro atoms. The third kappa shape index (κ3) is 3.88. The Morgan fingerprint density at radius 3 is 3.00 bits per heavy atom. The number of hydrogen-bond donors (Lipinski definition) is 2. The molecule has 0 saturated carbocycles. The number of likely N-dealkylation sites (tertiary alicyclic amines) is 1. The summed E-state index contributed by atoms with van der Waals surface area (Å²) in [6.45, 7) is 5.46. The van der Waals surface area contributed by atoms with Crippen molar-refractivity contribution in [2.45, 2.75) is 32.7 Å². The van der Waals surface area contributed by atoms with Crippen molar-refractivity contribution in [2.24, 2.45) is 16.8 Å². The normalized spacial score (nSPS) is 19.9. The molecule has 116 valence electrons. The molecule has 1 atom stereocenters. The number of nitrogens with two attached hydrogens (primary N) is 1. The van der Waals surface area contributed by atoms with Crippen LogP contribution in [0.15, 0.2) is 23.4 Å². The van der Waals surface area contributed by atoms with E-state index < -0.39 is 0 Å². The molecule has 1 unspecified atom stereocenters. The lowest BCUT2D eigenvalue weighted by Gasteiger charge is -2.17. The maximum atomic E-state index is 8.87. The van der Waals surface area contributed by atoms with Crippen LogP contribution >= 0.6 is 0 Å². The second kappa shape index (κ2) is 7.31. The zero-order valence-corrected chi connectivity index (χ0v) is 12.9. The third-order valence-corrected chi connectivity index (χ3v) is 4.12. The van der Waals surface area contributed by atoms with Crippen LogP contribution in [-0.2, 0) is 6.54 Å². The number of hydrogen-bond acceptors (Lipinski definition) is 4. The van der Waals surface area contributed by atoms with Crippen molar-refractivity contribution in [3.63, 3.8) is 0 Å². The summed E-state index contributed by atoms with van der Waals surface area (Å²) in [5.41, 5.74) is 7.52. The van der Waals surface area contributed by atoms with E-state index in [9.17, 15) is 0 Å². The molecule has 0 aliphatic carbocycles. The summed E-state index contributed by atoms with van der Waals surface area (Å²) < 4.78 is 5.26. The van der Waals surface area contributed by atoms with Crippen LogP contribution in [-0.4, -0.2) is 36.1 Å². The molecule has 1 fully saturated rings. The largest absolute Gasteiger partial charge is 0.496 e. The van der Waals surface area contributed by atoms with Gasteiger partial charge in [-0.25, -0.2) is 0 Å². The second-order valence-corrected chi connectivity index (χ2v) is 5.70. The standard InChI is InChI=1S/C16H25N3O2/c1-3-4-12-7-8-19(10-12)11-13-5-6-15(21-2)14(9-13)16(17)18-20/h5-6,9,12,20H,3-4,7-8,10-11H2,1-2H3,(H2,17,18). The fourth-order valence-corrected chi connectivity index (χ4v) is 3.07. The molecule has 5 heteroatoms. The molecule has 5 nitrogen and oxygen atoms in total. The summed E-state index contributed by atoms with van der Waals surface area (Å²) >= 11 is 0. The van der Waals surface area contributed by atoms with Gasteiger partial charge in [-0.2, -0.15) is 0 Å². The highest BCUT2D eigenvalue weighted by molar-refractivity contribution is 5.99. The van der Waals surface area contributed by atoms with Gasteiger partial charge in [0.15, 0.2) is 5.84 Å². The Kier molecular flexibility index (Phi) is 5.44. The fourth-order valence-electron chi connectivity index (χ4n) is 3.07. The van der Waals surface area contributed by atoms with Crippen LogP contribution in [0.4, 0.5) is 0 Å². The second-order valence-electron chi connectivity index (χ2n) is 5.70. The molecule has 0 amide bonds. The first kappa shape index (κ1) is 15.6. The van der Waals surface area contributed by atoms with Gasteiger partial charge in [0.25, 0.3) is 0 Å². The minimum Gasteiger partial charge on any atom is -0.496 e. The van der Waals surface area contributed by atoms with Crippen molar-refractivity contribution in [2.75, 3.05) is 20.2 Å². The SMILES string of the molecule is CCCC1CCN(Cc2ccc(OC)c(/C(N)=N/O)c2)C1. The van der Waals surface area contributed by atoms with Gasteiger partial charge >= 0.3 is 0 Å². The average Bonchev–Trinajstić information content (AvgIpc) is 2.94. The average molecular weight is 291 g/mol. The molecule has 0 radical (unpaired) electrons. The van der Waals surface area contributed by atoms with E-state index in [4.69, 9.17) is 15.7 Å². The van der Waals surface area contributed by atoms with E-state index in [1.807, 2.05) is 18.2 Å². The summed E-state index contributed by atoms with van der Waals surface area (Å²) in [6.07, 6.45) is 3.86. The zero-order valence-electron chi connectivity index (χ0n) is 12.9. The Bertz CT molecular complexity index is 502. The molecule has 1 aromatic carbocycles. The third-order valence-electron chi connectivity index (χ3n) is 4.12. The van der Waals surface area contributed by atoms with Gasteiger partial charge in [0, 0.05) is 13.1 Å². The van der Waals surface area contributed by atoms with Gasteiger partial charge in [-0.1, -0.05) is 24.6 Å². The summed E-state index contributed by atoms with van der Waals surface area (Å²) in [6, 6.07) is 5.86. The highest BCUT2D eigenvalue weighted by Crippen LogP contribution is 2.25. The van der Waals surface area contributed by atoms with Crippen LogP contribution < -0.4 is 10.5 Å². The first-order valence-electron chi connectivity index (χ1n) is 7.55. The smallest absolute Gasteiger partial charge is 0.173 e. The van der Waals surface area contributed by atoms with Crippen LogP contribution in [0.1, 0.15) is 37.3 Å². The van der Waals surface area contributed by atoms with E-state index in [-0.39, 0.29) is 5.84 Å². The van der Waals surface area contributed by atoms with E-state index in [0.717, 1.165) is 24.6 Å². The quantitative estimate of drug-likeness (QED) is 0.365. The number of rotatable bonds is 6. The fraction of sp³-hybridized carbons (Fsp3) is 0.562. The van der Waals surface area contributed by atoms with E-state index in [2.05, 4.69) is 17.0 Å². The topological polar surface area (TPSA) is 71.1 Å². The van der Waals surface area contributed by atoms with Gasteiger partial charge < -0.3 is 15.7 Å². The van der Waals surface area contributed by atoms with Gasteiger partial charge in [-0.05, 0) is 43.0 Å². The molecule has 0 bridgehead atoms. The molecule has 0 aromatic heterocycles. The Balaban J connectivity index is 2.07. The van der Waals surface area contributed by atoms with Crippen LogP contribution in [0.2, 0.25) is 0 Å². The predicted octanol–water partition coefficient (Wildman–Crippen LogP) is 2.41. The van der Waals surface area contributed by atoms with Crippen LogP contribution in [0, 0.1) is 5.92 Å². The minimum atomic E-state index is 0.0824. The van der Waals surface area contributed by atoms with Crippen LogP contribution in [0.5, 0.6) is 5.75 Å². The molecule has 1 aromatic rings. The van der Waals surface area contributed by atoms with Crippen molar-refractivity contribution >= 4 is 5.84 Å². The summed E-state index contributed by atoms with van der Waals surface area (Å²) in [7, 11) is 1.58. The van der Waals surface area contributed by atoms with Gasteiger partial charge in [0.05, 0.1) is 12.7 Å². The summed E-state index contributed by atoms with van der Waals surface area (Å²) in [4.78, 5) is 2.47. The van der Waals surface area contributed by atoms with Crippen molar-refractivity contribution in [1.29, 1.82) is 0 Å². The van der Waals surface area contributed by atoms with Crippen molar-refractivity contribution < 1.29 is 9.94 Å². The van der Waals surface area contributed by atoms with Crippen LogP contribution in [0.3, 0.4) is 0 Å². The first-order valence-corrected chi connectivity index (χ1v) is 7.55.